The summed E-state index contributed by atoms with van der Waals surface area (Å²) in [5.74, 6) is 1.22. The molecule has 0 radical (unpaired) electrons. The minimum atomic E-state index is -0.803. The normalized spacial score (nSPS) is 24.7. The number of nitrogens with one attached hydrogen (secondary N) is 1. The van der Waals surface area contributed by atoms with Crippen molar-refractivity contribution < 1.29 is 14.6 Å². The molecule has 1 saturated carbocycles. The SMILES string of the molecule is C[C@H](NC(=O)N(C)CC1(O)CCOCC1)[C@@H](C)C1CCCCC1. The standard InChI is InChI=1S/C18H34N2O3/c1-14(16-7-5-4-6-8-16)15(2)19-17(21)20(3)13-18(22)9-11-23-12-10-18/h14-16,22H,4-13H2,1-3H3,(H,19,21)/t14-,15+/m1/s1. The van der Waals surface area contributed by atoms with Gasteiger partial charge in [-0.25, -0.2) is 4.79 Å². The second-order valence-electron chi connectivity index (χ2n) is 7.69. The molecule has 0 unspecified atom stereocenters. The van der Waals surface area contributed by atoms with E-state index in [1.54, 1.807) is 11.9 Å². The largest absolute Gasteiger partial charge is 0.388 e. The van der Waals surface area contributed by atoms with Crippen molar-refractivity contribution in [2.75, 3.05) is 26.8 Å². The summed E-state index contributed by atoms with van der Waals surface area (Å²) >= 11 is 0. The van der Waals surface area contributed by atoms with Crippen LogP contribution in [0.4, 0.5) is 4.79 Å². The Labute approximate surface area is 140 Å². The molecule has 134 valence electrons. The number of amides is 2. The molecule has 0 aromatic rings. The lowest BCUT2D eigenvalue weighted by atomic mass is 9.78. The molecule has 2 atom stereocenters. The second kappa shape index (κ2) is 8.34. The number of likely N-dealkylation sites (N-methyl/N-ethyl adjacent to an activating group) is 1. The molecule has 0 bridgehead atoms. The van der Waals surface area contributed by atoms with E-state index in [4.69, 9.17) is 4.74 Å². The van der Waals surface area contributed by atoms with Gasteiger partial charge < -0.3 is 20.1 Å². The molecular weight excluding hydrogens is 292 g/mol. The molecule has 2 N–H and O–H groups in total. The maximum atomic E-state index is 12.4. The van der Waals surface area contributed by atoms with Crippen LogP contribution >= 0.6 is 0 Å². The highest BCUT2D eigenvalue weighted by Gasteiger charge is 2.33. The lowest BCUT2D eigenvalue weighted by Crippen LogP contribution is -2.52. The summed E-state index contributed by atoms with van der Waals surface area (Å²) in [5, 5.41) is 13.7. The molecule has 5 heteroatoms. The van der Waals surface area contributed by atoms with Crippen molar-refractivity contribution >= 4 is 6.03 Å². The van der Waals surface area contributed by atoms with Crippen LogP contribution in [0.2, 0.25) is 0 Å². The van der Waals surface area contributed by atoms with Gasteiger partial charge in [0.05, 0.1) is 12.1 Å². The number of urea groups is 1. The van der Waals surface area contributed by atoms with Crippen molar-refractivity contribution in [1.29, 1.82) is 0 Å². The van der Waals surface area contributed by atoms with Crippen LogP contribution in [-0.2, 0) is 4.74 Å². The highest BCUT2D eigenvalue weighted by Crippen LogP contribution is 2.31. The molecule has 1 saturated heterocycles. The molecule has 5 nitrogen and oxygen atoms in total. The predicted octanol–water partition coefficient (Wildman–Crippen LogP) is 2.77. The smallest absolute Gasteiger partial charge is 0.317 e. The van der Waals surface area contributed by atoms with E-state index in [1.807, 2.05) is 0 Å². The van der Waals surface area contributed by atoms with Gasteiger partial charge in [0.2, 0.25) is 0 Å². The third-order valence-electron chi connectivity index (χ3n) is 5.83. The van der Waals surface area contributed by atoms with E-state index in [0.29, 0.717) is 38.5 Å². The lowest BCUT2D eigenvalue weighted by molar-refractivity contribution is -0.0723. The van der Waals surface area contributed by atoms with Gasteiger partial charge in [-0.05, 0) is 18.8 Å². The highest BCUT2D eigenvalue weighted by atomic mass is 16.5. The van der Waals surface area contributed by atoms with Gasteiger partial charge in [0.1, 0.15) is 0 Å². The Morgan fingerprint density at radius 2 is 1.87 bits per heavy atom. The monoisotopic (exact) mass is 326 g/mol. The van der Waals surface area contributed by atoms with Crippen LogP contribution in [0.15, 0.2) is 0 Å². The number of aliphatic hydroxyl groups is 1. The van der Waals surface area contributed by atoms with Crippen LogP contribution in [0, 0.1) is 11.8 Å². The fourth-order valence-corrected chi connectivity index (χ4v) is 3.93. The van der Waals surface area contributed by atoms with Crippen molar-refractivity contribution in [3.63, 3.8) is 0 Å². The zero-order valence-corrected chi connectivity index (χ0v) is 15.0. The Balaban J connectivity index is 1.79. The van der Waals surface area contributed by atoms with Gasteiger partial charge in [-0.15, -0.1) is 0 Å². The zero-order valence-electron chi connectivity index (χ0n) is 15.0. The van der Waals surface area contributed by atoms with Gasteiger partial charge in [0.25, 0.3) is 0 Å². The van der Waals surface area contributed by atoms with Crippen molar-refractivity contribution in [2.24, 2.45) is 11.8 Å². The summed E-state index contributed by atoms with van der Waals surface area (Å²) in [7, 11) is 1.76. The number of carbonyl (C=O) groups excluding carboxylic acids is 1. The quantitative estimate of drug-likeness (QED) is 0.816. The van der Waals surface area contributed by atoms with Crippen molar-refractivity contribution in [3.8, 4) is 0 Å². The third kappa shape index (κ3) is 5.35. The van der Waals surface area contributed by atoms with Crippen molar-refractivity contribution in [2.45, 2.75) is 70.4 Å². The molecule has 2 fully saturated rings. The van der Waals surface area contributed by atoms with E-state index in [9.17, 15) is 9.90 Å². The Morgan fingerprint density at radius 1 is 1.26 bits per heavy atom. The van der Waals surface area contributed by atoms with Gasteiger partial charge in [-0.2, -0.15) is 0 Å². The molecule has 23 heavy (non-hydrogen) atoms. The van der Waals surface area contributed by atoms with Crippen LogP contribution in [0.25, 0.3) is 0 Å². The van der Waals surface area contributed by atoms with Gasteiger partial charge >= 0.3 is 6.03 Å². The number of hydrogen-bond acceptors (Lipinski definition) is 3. The summed E-state index contributed by atoms with van der Waals surface area (Å²) in [6.07, 6.45) is 7.77. The lowest BCUT2D eigenvalue weighted by Gasteiger charge is -2.37. The number of hydrogen-bond donors (Lipinski definition) is 2. The topological polar surface area (TPSA) is 61.8 Å². The van der Waals surface area contributed by atoms with Crippen molar-refractivity contribution in [3.05, 3.63) is 0 Å². The van der Waals surface area contributed by atoms with E-state index < -0.39 is 5.60 Å². The van der Waals surface area contributed by atoms with Crippen LogP contribution in [-0.4, -0.2) is 54.5 Å². The zero-order chi connectivity index (χ0) is 16.9. The van der Waals surface area contributed by atoms with E-state index in [0.717, 1.165) is 5.92 Å². The fourth-order valence-electron chi connectivity index (χ4n) is 3.93. The molecular formula is C18H34N2O3. The van der Waals surface area contributed by atoms with E-state index in [1.165, 1.54) is 32.1 Å². The van der Waals surface area contributed by atoms with E-state index in [-0.39, 0.29) is 12.1 Å². The molecule has 1 heterocycles. The summed E-state index contributed by atoms with van der Waals surface area (Å²) < 4.78 is 5.29. The minimum Gasteiger partial charge on any atom is -0.388 e. The molecule has 2 amide bonds. The first-order chi connectivity index (χ1) is 10.9. The molecule has 0 aromatic heterocycles. The van der Waals surface area contributed by atoms with Gasteiger partial charge in [-0.1, -0.05) is 39.0 Å². The van der Waals surface area contributed by atoms with E-state index in [2.05, 4.69) is 19.2 Å². The van der Waals surface area contributed by atoms with E-state index >= 15 is 0 Å². The average molecular weight is 326 g/mol. The average Bonchev–Trinajstić information content (AvgIpc) is 2.55. The summed E-state index contributed by atoms with van der Waals surface area (Å²) in [4.78, 5) is 14.0. The number of rotatable bonds is 5. The first-order valence-corrected chi connectivity index (χ1v) is 9.23. The fraction of sp³-hybridized carbons (Fsp3) is 0.944. The number of nitrogens with zero attached hydrogens (tertiary/aromatic N) is 1. The summed E-state index contributed by atoms with van der Waals surface area (Å²) in [6, 6.07) is 0.0810. The number of ether oxygens (including phenoxy) is 1. The molecule has 2 rings (SSSR count). The predicted molar refractivity (Wildman–Crippen MR) is 91.4 cm³/mol. The van der Waals surface area contributed by atoms with Crippen LogP contribution < -0.4 is 5.32 Å². The highest BCUT2D eigenvalue weighted by molar-refractivity contribution is 5.74. The molecule has 0 aromatic carbocycles. The Hall–Kier alpha value is -0.810. The van der Waals surface area contributed by atoms with Gasteiger partial charge in [0, 0.05) is 39.1 Å². The summed E-state index contributed by atoms with van der Waals surface area (Å²) in [6.45, 7) is 5.87. The maximum Gasteiger partial charge on any atom is 0.317 e. The molecule has 0 spiro atoms. The van der Waals surface area contributed by atoms with Crippen molar-refractivity contribution in [1.82, 2.24) is 10.2 Å². The molecule has 1 aliphatic carbocycles. The molecule has 1 aliphatic heterocycles. The molecule has 2 aliphatic rings. The third-order valence-corrected chi connectivity index (χ3v) is 5.83. The second-order valence-corrected chi connectivity index (χ2v) is 7.69. The Bertz CT molecular complexity index is 376. The first kappa shape index (κ1) is 18.5. The summed E-state index contributed by atoms with van der Waals surface area (Å²) in [5.41, 5.74) is -0.803. The van der Waals surface area contributed by atoms with Crippen LogP contribution in [0.5, 0.6) is 0 Å². The van der Waals surface area contributed by atoms with Crippen LogP contribution in [0.3, 0.4) is 0 Å². The Kier molecular flexibility index (Phi) is 6.72. The minimum absolute atomic E-state index is 0.0833. The maximum absolute atomic E-state index is 12.4. The van der Waals surface area contributed by atoms with Crippen LogP contribution in [0.1, 0.15) is 58.8 Å². The Morgan fingerprint density at radius 3 is 2.48 bits per heavy atom. The van der Waals surface area contributed by atoms with Gasteiger partial charge in [0.15, 0.2) is 0 Å². The number of carbonyl (C=O) groups is 1. The van der Waals surface area contributed by atoms with Gasteiger partial charge in [-0.3, -0.25) is 0 Å². The first-order valence-electron chi connectivity index (χ1n) is 9.23.